The molecule has 1 saturated heterocycles. The average molecular weight is 446 g/mol. The predicted molar refractivity (Wildman–Crippen MR) is 111 cm³/mol. The van der Waals surface area contributed by atoms with Crippen molar-refractivity contribution in [1.82, 2.24) is 15.5 Å². The predicted octanol–water partition coefficient (Wildman–Crippen LogP) is -1.60. The lowest BCUT2D eigenvalue weighted by atomic mass is 10.1. The molecule has 0 aromatic carbocycles. The monoisotopic (exact) mass is 445 g/mol. The van der Waals surface area contributed by atoms with E-state index in [0.717, 1.165) is 0 Å². The van der Waals surface area contributed by atoms with Crippen LogP contribution in [0.15, 0.2) is 0 Å². The van der Waals surface area contributed by atoms with E-state index < -0.39 is 53.8 Å². The summed E-state index contributed by atoms with van der Waals surface area (Å²) >= 11 is 1.56. The minimum absolute atomic E-state index is 0.141. The van der Waals surface area contributed by atoms with Crippen molar-refractivity contribution in [1.29, 1.82) is 0 Å². The normalized spacial score (nSPS) is 18.9. The number of aliphatic carboxylic acids is 1. The van der Waals surface area contributed by atoms with Crippen molar-refractivity contribution < 1.29 is 29.1 Å². The number of rotatable bonds is 12. The SMILES string of the molecule is CSCCC(N)C(=O)NC(C)C(=O)N1CCCC1C(=O)NC(CCC(N)=O)C(=O)O. The summed E-state index contributed by atoms with van der Waals surface area (Å²) in [5.74, 6) is -2.75. The van der Waals surface area contributed by atoms with Crippen molar-refractivity contribution in [3.05, 3.63) is 0 Å². The van der Waals surface area contributed by atoms with Gasteiger partial charge in [-0.05, 0) is 44.6 Å². The van der Waals surface area contributed by atoms with E-state index >= 15 is 0 Å². The second kappa shape index (κ2) is 12.4. The third kappa shape index (κ3) is 7.82. The van der Waals surface area contributed by atoms with Crippen LogP contribution in [-0.4, -0.2) is 82.3 Å². The first-order valence-corrected chi connectivity index (χ1v) is 11.1. The highest BCUT2D eigenvalue weighted by Crippen LogP contribution is 2.19. The Morgan fingerprint density at radius 2 is 1.87 bits per heavy atom. The van der Waals surface area contributed by atoms with Crippen LogP contribution in [0.25, 0.3) is 0 Å². The molecular formula is C18H31N5O6S. The van der Waals surface area contributed by atoms with Crippen LogP contribution in [0.1, 0.15) is 39.0 Å². The van der Waals surface area contributed by atoms with E-state index in [0.29, 0.717) is 31.6 Å². The van der Waals surface area contributed by atoms with Gasteiger partial charge in [0.25, 0.3) is 0 Å². The molecule has 1 heterocycles. The van der Waals surface area contributed by atoms with E-state index in [2.05, 4.69) is 10.6 Å². The lowest BCUT2D eigenvalue weighted by molar-refractivity contribution is -0.145. The van der Waals surface area contributed by atoms with Crippen molar-refractivity contribution in [3.63, 3.8) is 0 Å². The number of likely N-dealkylation sites (tertiary alicyclic amines) is 1. The summed E-state index contributed by atoms with van der Waals surface area (Å²) in [7, 11) is 0. The van der Waals surface area contributed by atoms with Crippen LogP contribution in [0, 0.1) is 0 Å². The second-order valence-corrected chi connectivity index (χ2v) is 8.20. The highest BCUT2D eigenvalue weighted by Gasteiger charge is 2.37. The molecule has 4 atom stereocenters. The molecule has 12 heteroatoms. The van der Waals surface area contributed by atoms with Crippen LogP contribution in [0.5, 0.6) is 0 Å². The van der Waals surface area contributed by atoms with Crippen LogP contribution >= 0.6 is 11.8 Å². The van der Waals surface area contributed by atoms with Gasteiger partial charge in [-0.3, -0.25) is 19.2 Å². The third-order valence-corrected chi connectivity index (χ3v) is 5.48. The summed E-state index contributed by atoms with van der Waals surface area (Å²) in [5.41, 5.74) is 10.8. The zero-order valence-electron chi connectivity index (χ0n) is 17.3. The van der Waals surface area contributed by atoms with Gasteiger partial charge in [0, 0.05) is 13.0 Å². The number of primary amides is 1. The molecule has 1 rings (SSSR count). The van der Waals surface area contributed by atoms with Crippen LogP contribution < -0.4 is 22.1 Å². The third-order valence-electron chi connectivity index (χ3n) is 4.83. The molecule has 0 aromatic heterocycles. The van der Waals surface area contributed by atoms with Crippen LogP contribution in [0.2, 0.25) is 0 Å². The first-order chi connectivity index (χ1) is 14.1. The maximum Gasteiger partial charge on any atom is 0.326 e. The van der Waals surface area contributed by atoms with Crippen molar-refractivity contribution in [2.45, 2.75) is 63.2 Å². The minimum Gasteiger partial charge on any atom is -0.480 e. The summed E-state index contributed by atoms with van der Waals surface area (Å²) in [6, 6.07) is -3.74. The molecule has 4 unspecified atom stereocenters. The Morgan fingerprint density at radius 1 is 1.20 bits per heavy atom. The maximum atomic E-state index is 12.8. The quantitative estimate of drug-likeness (QED) is 0.238. The molecule has 0 bridgehead atoms. The average Bonchev–Trinajstić information content (AvgIpc) is 3.17. The van der Waals surface area contributed by atoms with Gasteiger partial charge in [-0.2, -0.15) is 11.8 Å². The minimum atomic E-state index is -1.29. The van der Waals surface area contributed by atoms with Crippen LogP contribution in [-0.2, 0) is 24.0 Å². The fourth-order valence-corrected chi connectivity index (χ4v) is 3.61. The lowest BCUT2D eigenvalue weighted by Crippen LogP contribution is -2.56. The molecule has 30 heavy (non-hydrogen) atoms. The molecule has 1 aliphatic rings. The summed E-state index contributed by atoms with van der Waals surface area (Å²) in [5, 5.41) is 14.2. The van der Waals surface area contributed by atoms with Gasteiger partial charge >= 0.3 is 5.97 Å². The summed E-state index contributed by atoms with van der Waals surface area (Å²) in [6.45, 7) is 1.83. The number of carbonyl (C=O) groups is 5. The number of nitrogens with two attached hydrogens (primary N) is 2. The molecule has 0 aliphatic carbocycles. The highest BCUT2D eigenvalue weighted by atomic mass is 32.2. The van der Waals surface area contributed by atoms with Crippen LogP contribution in [0.4, 0.5) is 0 Å². The number of carboxylic acid groups (broad SMARTS) is 1. The zero-order valence-corrected chi connectivity index (χ0v) is 18.1. The Balaban J connectivity index is 2.71. The van der Waals surface area contributed by atoms with E-state index in [-0.39, 0.29) is 12.8 Å². The molecule has 1 fully saturated rings. The van der Waals surface area contributed by atoms with Gasteiger partial charge < -0.3 is 32.1 Å². The lowest BCUT2D eigenvalue weighted by Gasteiger charge is -2.28. The van der Waals surface area contributed by atoms with E-state index in [1.165, 1.54) is 11.8 Å². The van der Waals surface area contributed by atoms with Crippen molar-refractivity contribution in [3.8, 4) is 0 Å². The number of hydrogen-bond acceptors (Lipinski definition) is 7. The largest absolute Gasteiger partial charge is 0.480 e. The first kappa shape index (κ1) is 25.7. The van der Waals surface area contributed by atoms with Gasteiger partial charge in [0.2, 0.25) is 23.6 Å². The molecular weight excluding hydrogens is 414 g/mol. The summed E-state index contributed by atoms with van der Waals surface area (Å²) in [4.78, 5) is 61.1. The molecule has 0 aromatic rings. The van der Waals surface area contributed by atoms with Crippen LogP contribution in [0.3, 0.4) is 0 Å². The highest BCUT2D eigenvalue weighted by molar-refractivity contribution is 7.98. The molecule has 0 spiro atoms. The number of nitrogens with one attached hydrogen (secondary N) is 2. The molecule has 4 amide bonds. The molecule has 170 valence electrons. The number of carboxylic acids is 1. The first-order valence-electron chi connectivity index (χ1n) is 9.75. The van der Waals surface area contributed by atoms with E-state index in [4.69, 9.17) is 11.5 Å². The molecule has 7 N–H and O–H groups in total. The van der Waals surface area contributed by atoms with Gasteiger partial charge in [0.05, 0.1) is 6.04 Å². The van der Waals surface area contributed by atoms with Gasteiger partial charge in [-0.15, -0.1) is 0 Å². The topological polar surface area (TPSA) is 185 Å². The van der Waals surface area contributed by atoms with Gasteiger partial charge in [-0.1, -0.05) is 0 Å². The second-order valence-electron chi connectivity index (χ2n) is 7.21. The number of thioether (sulfide) groups is 1. The van der Waals surface area contributed by atoms with Crippen molar-refractivity contribution in [2.24, 2.45) is 11.5 Å². The van der Waals surface area contributed by atoms with E-state index in [1.807, 2.05) is 6.26 Å². The molecule has 1 aliphatic heterocycles. The molecule has 11 nitrogen and oxygen atoms in total. The maximum absolute atomic E-state index is 12.8. The Bertz CT molecular complexity index is 661. The van der Waals surface area contributed by atoms with Crippen molar-refractivity contribution >= 4 is 41.4 Å². The zero-order chi connectivity index (χ0) is 22.8. The number of nitrogens with zero attached hydrogens (tertiary/aromatic N) is 1. The Kier molecular flexibility index (Phi) is 10.6. The summed E-state index contributed by atoms with van der Waals surface area (Å²) < 4.78 is 0. The Labute approximate surface area is 179 Å². The van der Waals surface area contributed by atoms with E-state index in [1.54, 1.807) is 11.8 Å². The Hall–Kier alpha value is -2.34. The Morgan fingerprint density at radius 3 is 2.43 bits per heavy atom. The smallest absolute Gasteiger partial charge is 0.326 e. The van der Waals surface area contributed by atoms with Gasteiger partial charge in [0.15, 0.2) is 0 Å². The fraction of sp³-hybridized carbons (Fsp3) is 0.722. The van der Waals surface area contributed by atoms with Crippen molar-refractivity contribution in [2.75, 3.05) is 18.6 Å². The van der Waals surface area contributed by atoms with Gasteiger partial charge in [-0.25, -0.2) is 4.79 Å². The van der Waals surface area contributed by atoms with Gasteiger partial charge in [0.1, 0.15) is 18.1 Å². The number of amides is 4. The molecule has 0 radical (unpaired) electrons. The number of carbonyl (C=O) groups excluding carboxylic acids is 4. The summed E-state index contributed by atoms with van der Waals surface area (Å²) in [6.07, 6.45) is 2.98. The standard InChI is InChI=1S/C18H31N5O6S/c1-10(21-15(25)11(19)7-9-30-2)17(27)23-8-3-4-13(23)16(26)22-12(18(28)29)5-6-14(20)24/h10-13H,3-9,19H2,1-2H3,(H2,20,24)(H,21,25)(H,22,26)(H,28,29). The molecule has 0 saturated carbocycles. The van der Waals surface area contributed by atoms with E-state index in [9.17, 15) is 29.1 Å². The fourth-order valence-electron chi connectivity index (χ4n) is 3.12. The number of hydrogen-bond donors (Lipinski definition) is 5.